The van der Waals surface area contributed by atoms with Crippen LogP contribution in [0.5, 0.6) is 5.75 Å². The summed E-state index contributed by atoms with van der Waals surface area (Å²) in [5.74, 6) is 1.68. The number of amides is 1. The first kappa shape index (κ1) is 19.0. The van der Waals surface area contributed by atoms with Crippen LogP contribution in [0, 0.1) is 13.8 Å². The molecule has 0 saturated heterocycles. The fraction of sp³-hybridized carbons (Fsp3) is 0.250. The number of aryl methyl sites for hydroxylation is 2. The van der Waals surface area contributed by atoms with Crippen LogP contribution in [0.25, 0.3) is 0 Å². The largest absolute Gasteiger partial charge is 0.486 e. The Morgan fingerprint density at radius 1 is 1.04 bits per heavy atom. The standard InChI is InChI=1S/C20H22N4O2S/c1-14-4-8-16(9-5-14)21-19(25)13-27-20-23-22-18(24(20)3)12-26-17-10-6-15(2)7-11-17/h4-11H,12-13H2,1-3H3,(H,21,25). The number of ether oxygens (including phenoxy) is 1. The molecule has 1 heterocycles. The van der Waals surface area contributed by atoms with Gasteiger partial charge < -0.3 is 14.6 Å². The number of thioether (sulfide) groups is 1. The van der Waals surface area contributed by atoms with Gasteiger partial charge in [-0.25, -0.2) is 0 Å². The third-order valence-corrected chi connectivity index (χ3v) is 5.00. The number of nitrogens with one attached hydrogen (secondary N) is 1. The van der Waals surface area contributed by atoms with Crippen LogP contribution in [0.4, 0.5) is 5.69 Å². The van der Waals surface area contributed by atoms with Gasteiger partial charge in [0.25, 0.3) is 0 Å². The summed E-state index contributed by atoms with van der Waals surface area (Å²) < 4.78 is 7.59. The first-order valence-corrected chi connectivity index (χ1v) is 9.57. The molecule has 0 fully saturated rings. The van der Waals surface area contributed by atoms with Crippen molar-refractivity contribution in [2.75, 3.05) is 11.1 Å². The predicted molar refractivity (Wildman–Crippen MR) is 107 cm³/mol. The van der Waals surface area contributed by atoms with E-state index >= 15 is 0 Å². The molecule has 7 heteroatoms. The lowest BCUT2D eigenvalue weighted by molar-refractivity contribution is -0.113. The Balaban J connectivity index is 1.51. The van der Waals surface area contributed by atoms with Crippen molar-refractivity contribution in [1.29, 1.82) is 0 Å². The van der Waals surface area contributed by atoms with Crippen molar-refractivity contribution in [3.8, 4) is 5.75 Å². The van der Waals surface area contributed by atoms with E-state index in [0.717, 1.165) is 17.0 Å². The Morgan fingerprint density at radius 3 is 2.33 bits per heavy atom. The zero-order valence-electron chi connectivity index (χ0n) is 15.6. The average Bonchev–Trinajstić information content (AvgIpc) is 3.01. The zero-order valence-corrected chi connectivity index (χ0v) is 16.4. The first-order chi connectivity index (χ1) is 13.0. The molecule has 2 aromatic carbocycles. The number of nitrogens with zero attached hydrogens (tertiary/aromatic N) is 3. The topological polar surface area (TPSA) is 69.0 Å². The molecule has 6 nitrogen and oxygen atoms in total. The third-order valence-electron chi connectivity index (χ3n) is 3.98. The van der Waals surface area contributed by atoms with Crippen molar-refractivity contribution >= 4 is 23.4 Å². The highest BCUT2D eigenvalue weighted by atomic mass is 32.2. The zero-order chi connectivity index (χ0) is 19.2. The van der Waals surface area contributed by atoms with Gasteiger partial charge in [-0.1, -0.05) is 47.2 Å². The van der Waals surface area contributed by atoms with Crippen molar-refractivity contribution in [2.45, 2.75) is 25.6 Å². The average molecular weight is 382 g/mol. The summed E-state index contributed by atoms with van der Waals surface area (Å²) in [7, 11) is 1.87. The number of carbonyl (C=O) groups excluding carboxylic acids is 1. The van der Waals surface area contributed by atoms with Gasteiger partial charge in [0.1, 0.15) is 12.4 Å². The van der Waals surface area contributed by atoms with Crippen molar-refractivity contribution < 1.29 is 9.53 Å². The van der Waals surface area contributed by atoms with Gasteiger partial charge in [0, 0.05) is 12.7 Å². The maximum Gasteiger partial charge on any atom is 0.234 e. The molecule has 0 radical (unpaired) electrons. The summed E-state index contributed by atoms with van der Waals surface area (Å²) in [4.78, 5) is 12.1. The summed E-state index contributed by atoms with van der Waals surface area (Å²) in [6.45, 7) is 4.36. The van der Waals surface area contributed by atoms with Crippen LogP contribution in [0.2, 0.25) is 0 Å². The molecule has 0 spiro atoms. The lowest BCUT2D eigenvalue weighted by atomic mass is 10.2. The number of carbonyl (C=O) groups is 1. The molecular weight excluding hydrogens is 360 g/mol. The lowest BCUT2D eigenvalue weighted by Crippen LogP contribution is -2.14. The Kier molecular flexibility index (Phi) is 6.13. The molecule has 0 unspecified atom stereocenters. The molecule has 3 aromatic rings. The van der Waals surface area contributed by atoms with Gasteiger partial charge in [-0.05, 0) is 38.1 Å². The molecule has 0 aliphatic carbocycles. The highest BCUT2D eigenvalue weighted by molar-refractivity contribution is 7.99. The number of hydrogen-bond donors (Lipinski definition) is 1. The van der Waals surface area contributed by atoms with Crippen molar-refractivity contribution in [3.63, 3.8) is 0 Å². The third kappa shape index (κ3) is 5.34. The van der Waals surface area contributed by atoms with Crippen LogP contribution in [-0.2, 0) is 18.4 Å². The monoisotopic (exact) mass is 382 g/mol. The molecule has 27 heavy (non-hydrogen) atoms. The van der Waals surface area contributed by atoms with E-state index in [4.69, 9.17) is 4.74 Å². The Morgan fingerprint density at radius 2 is 1.67 bits per heavy atom. The predicted octanol–water partition coefficient (Wildman–Crippen LogP) is 3.74. The first-order valence-electron chi connectivity index (χ1n) is 8.58. The van der Waals surface area contributed by atoms with Crippen LogP contribution >= 0.6 is 11.8 Å². The van der Waals surface area contributed by atoms with Gasteiger partial charge in [-0.15, -0.1) is 10.2 Å². The minimum atomic E-state index is -0.0793. The van der Waals surface area contributed by atoms with E-state index in [9.17, 15) is 4.79 Å². The fourth-order valence-electron chi connectivity index (χ4n) is 2.34. The van der Waals surface area contributed by atoms with Gasteiger partial charge in [-0.3, -0.25) is 4.79 Å². The highest BCUT2D eigenvalue weighted by Gasteiger charge is 2.12. The van der Waals surface area contributed by atoms with Crippen molar-refractivity contribution in [1.82, 2.24) is 14.8 Å². The van der Waals surface area contributed by atoms with E-state index in [2.05, 4.69) is 15.5 Å². The maximum absolute atomic E-state index is 12.1. The normalized spacial score (nSPS) is 10.6. The highest BCUT2D eigenvalue weighted by Crippen LogP contribution is 2.18. The van der Waals surface area contributed by atoms with Gasteiger partial charge in [0.15, 0.2) is 11.0 Å². The summed E-state index contributed by atoms with van der Waals surface area (Å²) in [5.41, 5.74) is 3.13. The van der Waals surface area contributed by atoms with E-state index in [1.54, 1.807) is 0 Å². The molecule has 0 atom stereocenters. The smallest absolute Gasteiger partial charge is 0.234 e. The van der Waals surface area contributed by atoms with Crippen LogP contribution in [0.15, 0.2) is 53.7 Å². The maximum atomic E-state index is 12.1. The SMILES string of the molecule is Cc1ccc(NC(=O)CSc2nnc(COc3ccc(C)cc3)n2C)cc1. The minimum absolute atomic E-state index is 0.0793. The Bertz CT molecular complexity index is 905. The minimum Gasteiger partial charge on any atom is -0.486 e. The number of benzene rings is 2. The molecule has 1 aromatic heterocycles. The molecule has 0 bridgehead atoms. The fourth-order valence-corrected chi connectivity index (χ4v) is 3.07. The van der Waals surface area contributed by atoms with Crippen molar-refractivity contribution in [2.24, 2.45) is 7.05 Å². The van der Waals surface area contributed by atoms with E-state index in [0.29, 0.717) is 17.6 Å². The second-order valence-corrected chi connectivity index (χ2v) is 7.20. The summed E-state index contributed by atoms with van der Waals surface area (Å²) in [5, 5.41) is 11.9. The molecule has 1 amide bonds. The quantitative estimate of drug-likeness (QED) is 0.631. The van der Waals surface area contributed by atoms with Crippen LogP contribution < -0.4 is 10.1 Å². The van der Waals surface area contributed by atoms with Crippen molar-refractivity contribution in [3.05, 3.63) is 65.5 Å². The Hall–Kier alpha value is -2.80. The number of hydrogen-bond acceptors (Lipinski definition) is 5. The van der Waals surface area contributed by atoms with Gasteiger partial charge in [0.05, 0.1) is 5.75 Å². The van der Waals surface area contributed by atoms with Gasteiger partial charge in [0.2, 0.25) is 5.91 Å². The van der Waals surface area contributed by atoms with Crippen LogP contribution in [-0.4, -0.2) is 26.4 Å². The van der Waals surface area contributed by atoms with E-state index in [-0.39, 0.29) is 11.7 Å². The van der Waals surface area contributed by atoms with E-state index in [1.807, 2.05) is 74.0 Å². The molecule has 0 aliphatic rings. The second-order valence-electron chi connectivity index (χ2n) is 6.26. The van der Waals surface area contributed by atoms with Crippen LogP contribution in [0.3, 0.4) is 0 Å². The van der Waals surface area contributed by atoms with Gasteiger partial charge >= 0.3 is 0 Å². The van der Waals surface area contributed by atoms with Crippen LogP contribution in [0.1, 0.15) is 17.0 Å². The summed E-state index contributed by atoms with van der Waals surface area (Å²) in [6, 6.07) is 15.6. The number of anilines is 1. The molecule has 0 aliphatic heterocycles. The molecular formula is C20H22N4O2S. The molecule has 1 N–H and O–H groups in total. The summed E-state index contributed by atoms with van der Waals surface area (Å²) >= 11 is 1.34. The Labute approximate surface area is 163 Å². The molecule has 140 valence electrons. The number of aromatic nitrogens is 3. The summed E-state index contributed by atoms with van der Waals surface area (Å²) in [6.07, 6.45) is 0. The van der Waals surface area contributed by atoms with E-state index in [1.165, 1.54) is 17.3 Å². The van der Waals surface area contributed by atoms with E-state index < -0.39 is 0 Å². The van der Waals surface area contributed by atoms with Gasteiger partial charge in [-0.2, -0.15) is 0 Å². The molecule has 0 saturated carbocycles. The second kappa shape index (κ2) is 8.73. The lowest BCUT2D eigenvalue weighted by Gasteiger charge is -2.07. The number of rotatable bonds is 7. The molecule has 3 rings (SSSR count).